The quantitative estimate of drug-likeness (QED) is 0.923. The first-order valence-electron chi connectivity index (χ1n) is 7.08. The lowest BCUT2D eigenvalue weighted by Gasteiger charge is -2.39. The van der Waals surface area contributed by atoms with E-state index >= 15 is 0 Å². The summed E-state index contributed by atoms with van der Waals surface area (Å²) >= 11 is 12.5. The zero-order chi connectivity index (χ0) is 14.7. The van der Waals surface area contributed by atoms with Crippen LogP contribution in [0.4, 0.5) is 11.6 Å². The molecule has 1 N–H and O–H groups in total. The molecule has 1 aliphatic heterocycles. The van der Waals surface area contributed by atoms with Crippen LogP contribution < -0.4 is 10.2 Å². The molecule has 1 fully saturated rings. The van der Waals surface area contributed by atoms with Gasteiger partial charge in [-0.1, -0.05) is 30.1 Å². The van der Waals surface area contributed by atoms with Gasteiger partial charge in [-0.15, -0.1) is 0 Å². The van der Waals surface area contributed by atoms with Gasteiger partial charge in [0, 0.05) is 32.2 Å². The van der Waals surface area contributed by atoms with E-state index in [9.17, 15) is 0 Å². The number of nitrogens with one attached hydrogen (secondary N) is 1. The molecule has 2 rings (SSSR count). The van der Waals surface area contributed by atoms with Crippen LogP contribution in [0.25, 0.3) is 0 Å². The minimum absolute atomic E-state index is 0.388. The Morgan fingerprint density at radius 2 is 2.10 bits per heavy atom. The number of rotatable bonds is 4. The largest absolute Gasteiger partial charge is 0.369 e. The minimum Gasteiger partial charge on any atom is -0.369 e. The molecule has 1 aliphatic rings. The lowest BCUT2D eigenvalue weighted by molar-refractivity contribution is 0.274. The Labute approximate surface area is 131 Å². The Morgan fingerprint density at radius 1 is 1.35 bits per heavy atom. The van der Waals surface area contributed by atoms with E-state index in [-0.39, 0.29) is 0 Å². The second kappa shape index (κ2) is 6.83. The van der Waals surface area contributed by atoms with Crippen LogP contribution in [0.1, 0.15) is 20.3 Å². The number of piperazine rings is 1. The molecular weight excluding hydrogens is 295 g/mol. The second-order valence-electron chi connectivity index (χ2n) is 5.36. The Bertz CT molecular complexity index is 467. The number of pyridine rings is 1. The highest BCUT2D eigenvalue weighted by atomic mass is 35.5. The highest BCUT2D eigenvalue weighted by molar-refractivity contribution is 6.37. The number of hydrogen-bond donors (Lipinski definition) is 1. The van der Waals surface area contributed by atoms with Gasteiger partial charge >= 0.3 is 0 Å². The summed E-state index contributed by atoms with van der Waals surface area (Å²) in [6, 6.07) is 2.17. The Kier molecular flexibility index (Phi) is 5.35. The zero-order valence-corrected chi connectivity index (χ0v) is 13.8. The summed E-state index contributed by atoms with van der Waals surface area (Å²) in [5.74, 6) is 1.55. The summed E-state index contributed by atoms with van der Waals surface area (Å²) in [5, 5.41) is 4.45. The molecule has 1 atom stereocenters. The second-order valence-corrected chi connectivity index (χ2v) is 6.17. The molecule has 4 nitrogen and oxygen atoms in total. The maximum atomic E-state index is 6.34. The minimum atomic E-state index is 0.388. The molecule has 6 heteroatoms. The standard InChI is InChI=1S/C14H22Cl2N4/c1-4-5-17-13-11(15)8-12(16)14(18-13)20-7-6-19(3)9-10(20)2/h8,10H,4-7,9H2,1-3H3,(H,17,18). The van der Waals surface area contributed by atoms with Gasteiger partial charge in [0.25, 0.3) is 0 Å². The van der Waals surface area contributed by atoms with Crippen molar-refractivity contribution in [1.82, 2.24) is 9.88 Å². The number of anilines is 2. The fourth-order valence-corrected chi connectivity index (χ4v) is 3.01. The van der Waals surface area contributed by atoms with Crippen molar-refractivity contribution in [3.8, 4) is 0 Å². The van der Waals surface area contributed by atoms with E-state index < -0.39 is 0 Å². The first-order valence-corrected chi connectivity index (χ1v) is 7.83. The van der Waals surface area contributed by atoms with Gasteiger partial charge in [-0.2, -0.15) is 0 Å². The van der Waals surface area contributed by atoms with E-state index in [1.165, 1.54) is 0 Å². The molecule has 1 aromatic heterocycles. The molecule has 112 valence electrons. The van der Waals surface area contributed by atoms with Crippen LogP contribution in [-0.2, 0) is 0 Å². The van der Waals surface area contributed by atoms with Crippen molar-refractivity contribution < 1.29 is 0 Å². The van der Waals surface area contributed by atoms with Gasteiger partial charge in [0.2, 0.25) is 0 Å². The maximum absolute atomic E-state index is 6.34. The van der Waals surface area contributed by atoms with E-state index in [2.05, 4.69) is 41.0 Å². The first kappa shape index (κ1) is 15.7. The molecule has 0 amide bonds. The number of nitrogens with zero attached hydrogens (tertiary/aromatic N) is 3. The lowest BCUT2D eigenvalue weighted by atomic mass is 10.2. The first-order chi connectivity index (χ1) is 9.52. The number of likely N-dealkylation sites (N-methyl/N-ethyl adjacent to an activating group) is 1. The van der Waals surface area contributed by atoms with Crippen LogP contribution in [0.2, 0.25) is 10.0 Å². The van der Waals surface area contributed by atoms with Gasteiger partial charge in [-0.25, -0.2) is 4.98 Å². The number of halogens is 2. The predicted octanol–water partition coefficient (Wildman–Crippen LogP) is 3.35. The lowest BCUT2D eigenvalue weighted by Crippen LogP contribution is -2.51. The summed E-state index contributed by atoms with van der Waals surface area (Å²) in [6.45, 7) is 8.12. The van der Waals surface area contributed by atoms with E-state index in [4.69, 9.17) is 23.2 Å². The summed E-state index contributed by atoms with van der Waals surface area (Å²) in [5.41, 5.74) is 0. The van der Waals surface area contributed by atoms with E-state index in [1.807, 2.05) is 0 Å². The predicted molar refractivity (Wildman–Crippen MR) is 87.3 cm³/mol. The fraction of sp³-hybridized carbons (Fsp3) is 0.643. The third kappa shape index (κ3) is 3.48. The number of hydrogen-bond acceptors (Lipinski definition) is 4. The molecule has 1 aromatic rings. The molecule has 0 saturated carbocycles. The van der Waals surface area contributed by atoms with Crippen LogP contribution in [0.15, 0.2) is 6.07 Å². The summed E-state index contributed by atoms with van der Waals surface area (Å²) in [7, 11) is 2.14. The fourth-order valence-electron chi connectivity index (χ4n) is 2.48. The zero-order valence-electron chi connectivity index (χ0n) is 12.3. The van der Waals surface area contributed by atoms with Gasteiger partial charge in [-0.3, -0.25) is 0 Å². The Hall–Kier alpha value is -0.710. The van der Waals surface area contributed by atoms with Crippen LogP contribution in [0.3, 0.4) is 0 Å². The molecule has 0 bridgehead atoms. The van der Waals surface area contributed by atoms with Gasteiger partial charge in [-0.05, 0) is 26.5 Å². The molecule has 0 aromatic carbocycles. The third-order valence-corrected chi connectivity index (χ3v) is 4.12. The summed E-state index contributed by atoms with van der Waals surface area (Å²) in [4.78, 5) is 9.22. The van der Waals surface area contributed by atoms with Crippen molar-refractivity contribution in [2.24, 2.45) is 0 Å². The van der Waals surface area contributed by atoms with Crippen LogP contribution in [-0.4, -0.2) is 49.2 Å². The molecule has 0 aliphatic carbocycles. The average molecular weight is 317 g/mol. The molecular formula is C14H22Cl2N4. The van der Waals surface area contributed by atoms with Crippen molar-refractivity contribution >= 4 is 34.8 Å². The summed E-state index contributed by atoms with van der Waals surface area (Å²) < 4.78 is 0. The molecule has 2 heterocycles. The van der Waals surface area contributed by atoms with Crippen molar-refractivity contribution in [2.45, 2.75) is 26.3 Å². The van der Waals surface area contributed by atoms with Gasteiger partial charge < -0.3 is 15.1 Å². The SMILES string of the molecule is CCCNc1nc(N2CCN(C)CC2C)c(Cl)cc1Cl. The molecule has 0 spiro atoms. The van der Waals surface area contributed by atoms with Gasteiger partial charge in [0.15, 0.2) is 0 Å². The summed E-state index contributed by atoms with van der Waals surface area (Å²) in [6.07, 6.45) is 1.03. The monoisotopic (exact) mass is 316 g/mol. The van der Waals surface area contributed by atoms with Crippen LogP contribution in [0.5, 0.6) is 0 Å². The van der Waals surface area contributed by atoms with Crippen LogP contribution >= 0.6 is 23.2 Å². The van der Waals surface area contributed by atoms with Crippen molar-refractivity contribution in [1.29, 1.82) is 0 Å². The van der Waals surface area contributed by atoms with Crippen LogP contribution in [0, 0.1) is 0 Å². The van der Waals surface area contributed by atoms with E-state index in [0.717, 1.165) is 44.2 Å². The van der Waals surface area contributed by atoms with Crippen molar-refractivity contribution in [3.63, 3.8) is 0 Å². The third-order valence-electron chi connectivity index (χ3n) is 3.56. The Morgan fingerprint density at radius 3 is 2.75 bits per heavy atom. The van der Waals surface area contributed by atoms with E-state index in [1.54, 1.807) is 6.07 Å². The van der Waals surface area contributed by atoms with Gasteiger partial charge in [0.05, 0.1) is 10.0 Å². The number of aromatic nitrogens is 1. The average Bonchev–Trinajstić information content (AvgIpc) is 2.39. The highest BCUT2D eigenvalue weighted by Gasteiger charge is 2.25. The Balaban J connectivity index is 2.26. The maximum Gasteiger partial charge on any atom is 0.150 e. The topological polar surface area (TPSA) is 31.4 Å². The van der Waals surface area contributed by atoms with E-state index in [0.29, 0.717) is 16.1 Å². The smallest absolute Gasteiger partial charge is 0.150 e. The molecule has 20 heavy (non-hydrogen) atoms. The molecule has 1 unspecified atom stereocenters. The van der Waals surface area contributed by atoms with Gasteiger partial charge in [0.1, 0.15) is 11.6 Å². The van der Waals surface area contributed by atoms with Crippen molar-refractivity contribution in [2.75, 3.05) is 43.4 Å². The molecule has 0 radical (unpaired) electrons. The van der Waals surface area contributed by atoms with Crippen molar-refractivity contribution in [3.05, 3.63) is 16.1 Å². The highest BCUT2D eigenvalue weighted by Crippen LogP contribution is 2.33. The normalized spacial score (nSPS) is 20.2. The molecule has 1 saturated heterocycles.